The van der Waals surface area contributed by atoms with Gasteiger partial charge in [-0.3, -0.25) is 14.4 Å². The summed E-state index contributed by atoms with van der Waals surface area (Å²) in [6.07, 6.45) is 0.208. The third-order valence-electron chi connectivity index (χ3n) is 4.72. The number of benzene rings is 2. The van der Waals surface area contributed by atoms with Crippen LogP contribution in [-0.2, 0) is 9.59 Å². The molecule has 1 aliphatic heterocycles. The molecular weight excluding hydrogens is 352 g/mol. The number of anilines is 1. The fourth-order valence-electron chi connectivity index (χ4n) is 3.07. The summed E-state index contributed by atoms with van der Waals surface area (Å²) in [4.78, 5) is 37.5. The molecule has 2 aromatic rings. The van der Waals surface area contributed by atoms with Crippen LogP contribution in [0.2, 0.25) is 0 Å². The first-order chi connectivity index (χ1) is 13.4. The number of carbonyl (C=O) groups excluding carboxylic acids is 3. The second-order valence-corrected chi connectivity index (χ2v) is 6.89. The predicted molar refractivity (Wildman–Crippen MR) is 108 cm³/mol. The Morgan fingerprint density at radius 3 is 2.43 bits per heavy atom. The highest BCUT2D eigenvalue weighted by Gasteiger charge is 2.34. The molecule has 1 heterocycles. The van der Waals surface area contributed by atoms with Crippen molar-refractivity contribution in [2.24, 2.45) is 5.92 Å². The van der Waals surface area contributed by atoms with Crippen LogP contribution in [0.15, 0.2) is 48.5 Å². The normalized spacial score (nSPS) is 15.7. The van der Waals surface area contributed by atoms with E-state index in [9.17, 15) is 14.4 Å². The summed E-state index contributed by atoms with van der Waals surface area (Å²) in [5.74, 6) is 5.29. The lowest BCUT2D eigenvalue weighted by Crippen LogP contribution is -2.33. The number of hydrogen-bond acceptors (Lipinski definition) is 3. The number of nitrogens with zero attached hydrogens (tertiary/aromatic N) is 1. The van der Waals surface area contributed by atoms with Gasteiger partial charge in [-0.25, -0.2) is 0 Å². The van der Waals surface area contributed by atoms with Crippen molar-refractivity contribution in [3.05, 3.63) is 65.2 Å². The van der Waals surface area contributed by atoms with Crippen LogP contribution in [-0.4, -0.2) is 30.7 Å². The molecule has 2 amide bonds. The smallest absolute Gasteiger partial charge is 0.227 e. The second-order valence-electron chi connectivity index (χ2n) is 6.89. The lowest BCUT2D eigenvalue weighted by Gasteiger charge is -2.16. The highest BCUT2D eigenvalue weighted by Crippen LogP contribution is 2.25. The van der Waals surface area contributed by atoms with E-state index in [0.29, 0.717) is 12.1 Å². The third kappa shape index (κ3) is 4.66. The minimum Gasteiger partial charge on any atom is -0.345 e. The van der Waals surface area contributed by atoms with Gasteiger partial charge in [0, 0.05) is 29.8 Å². The zero-order valence-corrected chi connectivity index (χ0v) is 16.0. The SMILES string of the molecule is CC(=O)c1ccc(C#CCNC(=O)C2CC(=O)N(c3ccc(C)cc3)C2)cc1. The van der Waals surface area contributed by atoms with Crippen LogP contribution in [0.25, 0.3) is 0 Å². The summed E-state index contributed by atoms with van der Waals surface area (Å²) in [6, 6.07) is 14.7. The standard InChI is InChI=1S/C23H22N2O3/c1-16-5-11-21(12-6-16)25-15-20(14-22(25)27)23(28)24-13-3-4-18-7-9-19(10-8-18)17(2)26/h5-12,20H,13-15H2,1-2H3,(H,24,28). The van der Waals surface area contributed by atoms with E-state index in [-0.39, 0.29) is 36.5 Å². The predicted octanol–water partition coefficient (Wildman–Crippen LogP) is 2.72. The van der Waals surface area contributed by atoms with Gasteiger partial charge in [0.25, 0.3) is 0 Å². The average molecular weight is 374 g/mol. The molecule has 1 saturated heterocycles. The Hall–Kier alpha value is -3.39. The summed E-state index contributed by atoms with van der Waals surface area (Å²) in [5.41, 5.74) is 3.36. The maximum absolute atomic E-state index is 12.4. The van der Waals surface area contributed by atoms with Crippen molar-refractivity contribution in [2.45, 2.75) is 20.3 Å². The van der Waals surface area contributed by atoms with E-state index < -0.39 is 0 Å². The number of aryl methyl sites for hydroxylation is 1. The van der Waals surface area contributed by atoms with Crippen molar-refractivity contribution in [1.82, 2.24) is 5.32 Å². The average Bonchev–Trinajstić information content (AvgIpc) is 3.08. The van der Waals surface area contributed by atoms with E-state index in [1.165, 1.54) is 6.92 Å². The molecule has 142 valence electrons. The van der Waals surface area contributed by atoms with Gasteiger partial charge >= 0.3 is 0 Å². The van der Waals surface area contributed by atoms with Gasteiger partial charge < -0.3 is 10.2 Å². The summed E-state index contributed by atoms with van der Waals surface area (Å²) in [5, 5.41) is 2.78. The van der Waals surface area contributed by atoms with Crippen LogP contribution in [0.1, 0.15) is 34.8 Å². The van der Waals surface area contributed by atoms with Gasteiger partial charge in [0.1, 0.15) is 0 Å². The van der Waals surface area contributed by atoms with E-state index >= 15 is 0 Å². The topological polar surface area (TPSA) is 66.5 Å². The number of amides is 2. The quantitative estimate of drug-likeness (QED) is 0.661. The second kappa shape index (κ2) is 8.53. The molecule has 28 heavy (non-hydrogen) atoms. The molecule has 2 aromatic carbocycles. The zero-order chi connectivity index (χ0) is 20.1. The van der Waals surface area contributed by atoms with Gasteiger partial charge in [0.05, 0.1) is 12.5 Å². The Morgan fingerprint density at radius 1 is 1.11 bits per heavy atom. The molecular formula is C23H22N2O3. The van der Waals surface area contributed by atoms with E-state index in [1.54, 1.807) is 29.2 Å². The molecule has 0 saturated carbocycles. The molecule has 0 bridgehead atoms. The lowest BCUT2D eigenvalue weighted by atomic mass is 10.1. The molecule has 0 spiro atoms. The number of hydrogen-bond donors (Lipinski definition) is 1. The summed E-state index contributed by atoms with van der Waals surface area (Å²) in [7, 11) is 0. The fourth-order valence-corrected chi connectivity index (χ4v) is 3.07. The number of nitrogens with one attached hydrogen (secondary N) is 1. The van der Waals surface area contributed by atoms with Gasteiger partial charge in [-0.2, -0.15) is 0 Å². The first-order valence-corrected chi connectivity index (χ1v) is 9.18. The molecule has 5 heteroatoms. The monoisotopic (exact) mass is 374 g/mol. The molecule has 0 radical (unpaired) electrons. The minimum atomic E-state index is -0.370. The highest BCUT2D eigenvalue weighted by atomic mass is 16.2. The van der Waals surface area contributed by atoms with E-state index in [2.05, 4.69) is 17.2 Å². The highest BCUT2D eigenvalue weighted by molar-refractivity contribution is 6.00. The van der Waals surface area contributed by atoms with Crippen molar-refractivity contribution >= 4 is 23.3 Å². The number of ketones is 1. The minimum absolute atomic E-state index is 0.0116. The van der Waals surface area contributed by atoms with Crippen LogP contribution in [0.4, 0.5) is 5.69 Å². The molecule has 1 N–H and O–H groups in total. The third-order valence-corrected chi connectivity index (χ3v) is 4.72. The van der Waals surface area contributed by atoms with Gasteiger partial charge in [0.2, 0.25) is 11.8 Å². The largest absolute Gasteiger partial charge is 0.345 e. The Kier molecular flexibility index (Phi) is 5.90. The van der Waals surface area contributed by atoms with Crippen LogP contribution < -0.4 is 10.2 Å². The molecule has 0 aliphatic carbocycles. The van der Waals surface area contributed by atoms with Crippen LogP contribution in [0.5, 0.6) is 0 Å². The Morgan fingerprint density at radius 2 is 1.79 bits per heavy atom. The van der Waals surface area contributed by atoms with Crippen LogP contribution in [0.3, 0.4) is 0 Å². The van der Waals surface area contributed by atoms with Crippen molar-refractivity contribution in [3.63, 3.8) is 0 Å². The molecule has 1 unspecified atom stereocenters. The maximum Gasteiger partial charge on any atom is 0.227 e. The molecule has 1 aliphatic rings. The van der Waals surface area contributed by atoms with Gasteiger partial charge in [-0.1, -0.05) is 41.7 Å². The van der Waals surface area contributed by atoms with Crippen molar-refractivity contribution in [3.8, 4) is 11.8 Å². The first-order valence-electron chi connectivity index (χ1n) is 9.18. The van der Waals surface area contributed by atoms with Gasteiger partial charge in [-0.15, -0.1) is 0 Å². The van der Waals surface area contributed by atoms with E-state index in [1.807, 2.05) is 31.2 Å². The summed E-state index contributed by atoms with van der Waals surface area (Å²) >= 11 is 0. The van der Waals surface area contributed by atoms with Crippen molar-refractivity contribution in [2.75, 3.05) is 18.0 Å². The molecule has 1 atom stereocenters. The maximum atomic E-state index is 12.4. The van der Waals surface area contributed by atoms with Gasteiger partial charge in [0.15, 0.2) is 5.78 Å². The van der Waals surface area contributed by atoms with Gasteiger partial charge in [-0.05, 0) is 38.1 Å². The Balaban J connectivity index is 1.52. The van der Waals surface area contributed by atoms with Crippen LogP contribution >= 0.6 is 0 Å². The van der Waals surface area contributed by atoms with Crippen LogP contribution in [0, 0.1) is 24.7 Å². The van der Waals surface area contributed by atoms with E-state index in [4.69, 9.17) is 0 Å². The van der Waals surface area contributed by atoms with Crippen molar-refractivity contribution in [1.29, 1.82) is 0 Å². The zero-order valence-electron chi connectivity index (χ0n) is 16.0. The lowest BCUT2D eigenvalue weighted by molar-refractivity contribution is -0.126. The Bertz CT molecular complexity index is 950. The molecule has 5 nitrogen and oxygen atoms in total. The van der Waals surface area contributed by atoms with E-state index in [0.717, 1.165) is 16.8 Å². The number of rotatable bonds is 4. The number of Topliss-reactive ketones (excluding diaryl/α,β-unsaturated/α-hetero) is 1. The molecule has 3 rings (SSSR count). The number of carbonyl (C=O) groups is 3. The summed E-state index contributed by atoms with van der Waals surface area (Å²) < 4.78 is 0. The fraction of sp³-hybridized carbons (Fsp3) is 0.261. The summed E-state index contributed by atoms with van der Waals surface area (Å²) in [6.45, 7) is 4.10. The first kappa shape index (κ1) is 19.4. The molecule has 1 fully saturated rings. The Labute approximate surface area is 164 Å². The van der Waals surface area contributed by atoms with Crippen molar-refractivity contribution < 1.29 is 14.4 Å². The molecule has 0 aromatic heterocycles.